The van der Waals surface area contributed by atoms with Gasteiger partial charge in [0, 0.05) is 29.0 Å². The van der Waals surface area contributed by atoms with E-state index in [-0.39, 0.29) is 0 Å². The molecule has 0 spiro atoms. The molecule has 5 heteroatoms. The van der Waals surface area contributed by atoms with Gasteiger partial charge in [-0.25, -0.2) is 4.98 Å². The zero-order chi connectivity index (χ0) is 12.4. The fourth-order valence-electron chi connectivity index (χ4n) is 1.68. The number of benzene rings is 1. The lowest BCUT2D eigenvalue weighted by Crippen LogP contribution is -2.12. The molecular formula is C12H12BrN3O. The van der Waals surface area contributed by atoms with Crippen LogP contribution in [0.1, 0.15) is 23.1 Å². The van der Waals surface area contributed by atoms with Crippen molar-refractivity contribution in [3.8, 4) is 5.69 Å². The molecule has 0 unspecified atom stereocenters. The first-order valence-corrected chi connectivity index (χ1v) is 6.04. The second-order valence-corrected chi connectivity index (χ2v) is 4.45. The Hall–Kier alpha value is -1.62. The van der Waals surface area contributed by atoms with E-state index in [0.717, 1.165) is 17.9 Å². The summed E-state index contributed by atoms with van der Waals surface area (Å²) in [6.45, 7) is 2.05. The number of nitrogens with two attached hydrogens (primary N) is 1. The highest BCUT2D eigenvalue weighted by Crippen LogP contribution is 2.21. The van der Waals surface area contributed by atoms with E-state index in [9.17, 15) is 4.79 Å². The molecule has 0 aliphatic heterocycles. The minimum atomic E-state index is -0.440. The Morgan fingerprint density at radius 3 is 2.88 bits per heavy atom. The van der Waals surface area contributed by atoms with Crippen LogP contribution in [-0.4, -0.2) is 15.5 Å². The summed E-state index contributed by atoms with van der Waals surface area (Å²) >= 11 is 3.35. The third-order valence-corrected chi connectivity index (χ3v) is 3.19. The Morgan fingerprint density at radius 2 is 2.29 bits per heavy atom. The van der Waals surface area contributed by atoms with Crippen molar-refractivity contribution >= 4 is 21.8 Å². The highest BCUT2D eigenvalue weighted by Gasteiger charge is 2.09. The van der Waals surface area contributed by atoms with E-state index in [2.05, 4.69) is 20.9 Å². The Kier molecular flexibility index (Phi) is 3.28. The summed E-state index contributed by atoms with van der Waals surface area (Å²) in [4.78, 5) is 15.4. The summed E-state index contributed by atoms with van der Waals surface area (Å²) in [5.41, 5.74) is 6.68. The number of aryl methyl sites for hydroxylation is 1. The van der Waals surface area contributed by atoms with Crippen molar-refractivity contribution in [2.24, 2.45) is 5.73 Å². The van der Waals surface area contributed by atoms with Crippen LogP contribution in [0.2, 0.25) is 0 Å². The van der Waals surface area contributed by atoms with Gasteiger partial charge >= 0.3 is 0 Å². The molecule has 17 heavy (non-hydrogen) atoms. The first-order chi connectivity index (χ1) is 8.13. The van der Waals surface area contributed by atoms with Crippen molar-refractivity contribution in [3.63, 3.8) is 0 Å². The summed E-state index contributed by atoms with van der Waals surface area (Å²) in [6, 6.07) is 5.42. The van der Waals surface area contributed by atoms with Crippen LogP contribution in [0.5, 0.6) is 0 Å². The SMILES string of the molecule is CCc1nccn1-c1ccc(C(N)=O)c(Br)c1. The van der Waals surface area contributed by atoms with Crippen molar-refractivity contribution in [3.05, 3.63) is 46.5 Å². The number of hydrogen-bond donors (Lipinski definition) is 1. The lowest BCUT2D eigenvalue weighted by Gasteiger charge is -2.08. The van der Waals surface area contributed by atoms with Crippen LogP contribution in [0.4, 0.5) is 0 Å². The van der Waals surface area contributed by atoms with Gasteiger partial charge in [0.2, 0.25) is 5.91 Å². The van der Waals surface area contributed by atoms with E-state index in [1.807, 2.05) is 29.8 Å². The second kappa shape index (κ2) is 4.71. The van der Waals surface area contributed by atoms with Crippen LogP contribution >= 0.6 is 15.9 Å². The molecular weight excluding hydrogens is 282 g/mol. The molecule has 1 aromatic carbocycles. The van der Waals surface area contributed by atoms with Crippen molar-refractivity contribution in [1.82, 2.24) is 9.55 Å². The largest absolute Gasteiger partial charge is 0.366 e. The minimum Gasteiger partial charge on any atom is -0.366 e. The summed E-state index contributed by atoms with van der Waals surface area (Å²) in [5.74, 6) is 0.536. The molecule has 0 atom stereocenters. The molecule has 2 rings (SSSR count). The van der Waals surface area contributed by atoms with Gasteiger partial charge in [-0.3, -0.25) is 4.79 Å². The molecule has 0 radical (unpaired) electrons. The summed E-state index contributed by atoms with van der Waals surface area (Å²) in [5, 5.41) is 0. The normalized spacial score (nSPS) is 10.5. The molecule has 2 aromatic rings. The zero-order valence-corrected chi connectivity index (χ0v) is 10.9. The number of primary amides is 1. The fraction of sp³-hybridized carbons (Fsp3) is 0.167. The van der Waals surface area contributed by atoms with Gasteiger partial charge in [0.15, 0.2) is 0 Å². The number of rotatable bonds is 3. The quantitative estimate of drug-likeness (QED) is 0.944. The van der Waals surface area contributed by atoms with Gasteiger partial charge in [-0.1, -0.05) is 6.92 Å². The molecule has 1 aromatic heterocycles. The molecule has 0 aliphatic carbocycles. The van der Waals surface area contributed by atoms with Gasteiger partial charge in [-0.2, -0.15) is 0 Å². The number of imidazole rings is 1. The Balaban J connectivity index is 2.48. The topological polar surface area (TPSA) is 60.9 Å². The maximum atomic E-state index is 11.1. The molecule has 0 saturated heterocycles. The number of nitrogens with zero attached hydrogens (tertiary/aromatic N) is 2. The third-order valence-electron chi connectivity index (χ3n) is 2.53. The molecule has 2 N–H and O–H groups in total. The fourth-order valence-corrected chi connectivity index (χ4v) is 2.25. The molecule has 1 amide bonds. The maximum Gasteiger partial charge on any atom is 0.249 e. The van der Waals surface area contributed by atoms with Crippen LogP contribution in [-0.2, 0) is 6.42 Å². The lowest BCUT2D eigenvalue weighted by molar-refractivity contribution is 0.0999. The Morgan fingerprint density at radius 1 is 1.53 bits per heavy atom. The van der Waals surface area contributed by atoms with E-state index in [1.54, 1.807) is 12.3 Å². The molecule has 0 aliphatic rings. The molecule has 0 bridgehead atoms. The van der Waals surface area contributed by atoms with Gasteiger partial charge in [0.25, 0.3) is 0 Å². The number of halogens is 1. The van der Waals surface area contributed by atoms with Crippen LogP contribution in [0.25, 0.3) is 5.69 Å². The predicted molar refractivity (Wildman–Crippen MR) is 69.2 cm³/mol. The van der Waals surface area contributed by atoms with E-state index in [1.165, 1.54) is 0 Å². The number of hydrogen-bond acceptors (Lipinski definition) is 2. The molecule has 88 valence electrons. The highest BCUT2D eigenvalue weighted by atomic mass is 79.9. The molecule has 0 fully saturated rings. The average Bonchev–Trinajstić information content (AvgIpc) is 2.76. The van der Waals surface area contributed by atoms with E-state index >= 15 is 0 Å². The van der Waals surface area contributed by atoms with Crippen molar-refractivity contribution < 1.29 is 4.79 Å². The third kappa shape index (κ3) is 2.24. The van der Waals surface area contributed by atoms with Crippen molar-refractivity contribution in [2.75, 3.05) is 0 Å². The summed E-state index contributed by atoms with van der Waals surface area (Å²) in [6.07, 6.45) is 4.50. The predicted octanol–water partition coefficient (Wildman–Crippen LogP) is 2.30. The second-order valence-electron chi connectivity index (χ2n) is 3.60. The van der Waals surface area contributed by atoms with Crippen molar-refractivity contribution in [1.29, 1.82) is 0 Å². The van der Waals surface area contributed by atoms with Crippen molar-refractivity contribution in [2.45, 2.75) is 13.3 Å². The van der Waals surface area contributed by atoms with E-state index in [4.69, 9.17) is 5.73 Å². The van der Waals surface area contributed by atoms with Gasteiger partial charge in [0.05, 0.1) is 5.56 Å². The van der Waals surface area contributed by atoms with Crippen LogP contribution in [0, 0.1) is 0 Å². The van der Waals surface area contributed by atoms with E-state index in [0.29, 0.717) is 10.0 Å². The molecule has 4 nitrogen and oxygen atoms in total. The molecule has 1 heterocycles. The Bertz CT molecular complexity index is 563. The van der Waals surface area contributed by atoms with Crippen LogP contribution in [0.3, 0.4) is 0 Å². The van der Waals surface area contributed by atoms with Gasteiger partial charge in [-0.05, 0) is 34.1 Å². The van der Waals surface area contributed by atoms with Crippen LogP contribution < -0.4 is 5.73 Å². The minimum absolute atomic E-state index is 0.440. The Labute approximate surface area is 108 Å². The number of aromatic nitrogens is 2. The smallest absolute Gasteiger partial charge is 0.249 e. The first kappa shape index (κ1) is 11.9. The lowest BCUT2D eigenvalue weighted by atomic mass is 10.2. The average molecular weight is 294 g/mol. The zero-order valence-electron chi connectivity index (χ0n) is 9.35. The number of carbonyl (C=O) groups is 1. The summed E-state index contributed by atoms with van der Waals surface area (Å²) < 4.78 is 2.67. The first-order valence-electron chi connectivity index (χ1n) is 5.25. The monoisotopic (exact) mass is 293 g/mol. The highest BCUT2D eigenvalue weighted by molar-refractivity contribution is 9.10. The van der Waals surface area contributed by atoms with Gasteiger partial charge in [0.1, 0.15) is 5.82 Å². The summed E-state index contributed by atoms with van der Waals surface area (Å²) in [7, 11) is 0. The number of carbonyl (C=O) groups excluding carboxylic acids is 1. The number of amides is 1. The standard InChI is InChI=1S/C12H12BrN3O/c1-2-11-15-5-6-16(11)8-3-4-9(12(14)17)10(13)7-8/h3-7H,2H2,1H3,(H2,14,17). The van der Waals surface area contributed by atoms with Crippen LogP contribution in [0.15, 0.2) is 35.1 Å². The van der Waals surface area contributed by atoms with Gasteiger partial charge in [-0.15, -0.1) is 0 Å². The maximum absolute atomic E-state index is 11.1. The molecule has 0 saturated carbocycles. The van der Waals surface area contributed by atoms with E-state index < -0.39 is 5.91 Å². The van der Waals surface area contributed by atoms with Gasteiger partial charge < -0.3 is 10.3 Å².